The number of thioether (sulfide) groups is 1. The first kappa shape index (κ1) is 17.4. The van der Waals surface area contributed by atoms with Gasteiger partial charge in [-0.2, -0.15) is 5.10 Å². The van der Waals surface area contributed by atoms with Crippen LogP contribution < -0.4 is 5.73 Å². The number of carbonyl (C=O) groups is 1. The van der Waals surface area contributed by atoms with Gasteiger partial charge in [0, 0.05) is 37.6 Å². The van der Waals surface area contributed by atoms with Crippen LogP contribution in [0.4, 0.5) is 5.95 Å². The van der Waals surface area contributed by atoms with E-state index in [4.69, 9.17) is 5.73 Å². The predicted molar refractivity (Wildman–Crippen MR) is 101 cm³/mol. The molecule has 0 amide bonds. The van der Waals surface area contributed by atoms with Crippen LogP contribution >= 0.6 is 23.1 Å². The molecule has 0 atom stereocenters. The van der Waals surface area contributed by atoms with E-state index in [-0.39, 0.29) is 5.95 Å². The summed E-state index contributed by atoms with van der Waals surface area (Å²) in [6.07, 6.45) is 7.85. The number of aryl methyl sites for hydroxylation is 1. The highest BCUT2D eigenvalue weighted by molar-refractivity contribution is 8.00. The summed E-state index contributed by atoms with van der Waals surface area (Å²) >= 11 is 3.14. The average molecular weight is 375 g/mol. The lowest BCUT2D eigenvalue weighted by atomic mass is 10.3. The smallest absolute Gasteiger partial charge is 0.219 e. The second kappa shape index (κ2) is 7.19. The van der Waals surface area contributed by atoms with Gasteiger partial charge in [-0.25, -0.2) is 15.0 Å². The Morgan fingerprint density at radius 1 is 1.44 bits per heavy atom. The number of aromatic nitrogens is 4. The van der Waals surface area contributed by atoms with Gasteiger partial charge in [-0.1, -0.05) is 11.8 Å². The van der Waals surface area contributed by atoms with Crippen LogP contribution in [0.5, 0.6) is 0 Å². The molecule has 0 aliphatic rings. The summed E-state index contributed by atoms with van der Waals surface area (Å²) in [5.41, 5.74) is 8.52. The van der Waals surface area contributed by atoms with Crippen molar-refractivity contribution in [2.24, 2.45) is 12.1 Å². The van der Waals surface area contributed by atoms with Crippen molar-refractivity contribution in [3.05, 3.63) is 29.2 Å². The maximum atomic E-state index is 11.5. The van der Waals surface area contributed by atoms with Crippen LogP contribution in [0.25, 0.3) is 10.3 Å². The molecule has 2 N–H and O–H groups in total. The molecule has 25 heavy (non-hydrogen) atoms. The summed E-state index contributed by atoms with van der Waals surface area (Å²) in [7, 11) is 3.68. The number of fused-ring (bicyclic) bond motifs is 1. The zero-order chi connectivity index (χ0) is 18.0. The number of aldehydes is 1. The van der Waals surface area contributed by atoms with Crippen LogP contribution in [0, 0.1) is 0 Å². The van der Waals surface area contributed by atoms with Crippen molar-refractivity contribution in [1.29, 1.82) is 0 Å². The summed E-state index contributed by atoms with van der Waals surface area (Å²) < 4.78 is 3.72. The molecule has 0 unspecified atom stereocenters. The number of hydrazone groups is 1. The van der Waals surface area contributed by atoms with Gasteiger partial charge in [0.05, 0.1) is 23.2 Å². The molecule has 10 heteroatoms. The number of hydrogen-bond donors (Lipinski definition) is 1. The molecule has 0 bridgehead atoms. The molecule has 0 fully saturated rings. The first-order valence-corrected chi connectivity index (χ1v) is 9.37. The summed E-state index contributed by atoms with van der Waals surface area (Å²) in [4.78, 5) is 24.0. The molecule has 0 aliphatic carbocycles. The van der Waals surface area contributed by atoms with Crippen molar-refractivity contribution in [3.8, 4) is 0 Å². The minimum atomic E-state index is 0.243. The van der Waals surface area contributed by atoms with Gasteiger partial charge in [0.15, 0.2) is 16.3 Å². The van der Waals surface area contributed by atoms with Crippen LogP contribution in [0.1, 0.15) is 21.6 Å². The number of nitrogen functional groups attached to an aromatic ring is 1. The lowest BCUT2D eigenvalue weighted by Gasteiger charge is -2.12. The average Bonchev–Trinajstić information content (AvgIpc) is 3.13. The first-order chi connectivity index (χ1) is 12.0. The van der Waals surface area contributed by atoms with Crippen molar-refractivity contribution >= 4 is 51.9 Å². The number of anilines is 1. The number of nitrogens with zero attached hydrogens (tertiary/aromatic N) is 6. The topological polar surface area (TPSA) is 102 Å². The van der Waals surface area contributed by atoms with E-state index in [9.17, 15) is 4.79 Å². The number of carbonyl (C=O) groups excluding carboxylic acids is 1. The van der Waals surface area contributed by atoms with Gasteiger partial charge >= 0.3 is 0 Å². The van der Waals surface area contributed by atoms with Crippen LogP contribution in [0.3, 0.4) is 0 Å². The molecule has 0 aromatic carbocycles. The Morgan fingerprint density at radius 2 is 2.16 bits per heavy atom. The number of nitrogens with two attached hydrogens (primary N) is 1. The number of thiazole rings is 1. The minimum absolute atomic E-state index is 0.243. The SMILES string of the molecule is CSc1nc2c(s1)c(/C=N\N(C)Cc1cnc(N)nc1)c(C=O)n2C. The normalized spacial score (nSPS) is 11.5. The second-order valence-corrected chi connectivity index (χ2v) is 7.37. The molecule has 130 valence electrons. The number of hydrogen-bond acceptors (Lipinski definition) is 9. The standard InChI is InChI=1S/C15H17N7OS2/c1-21(7-9-4-17-14(16)18-5-9)19-6-10-11(8-23)22(2)13-12(10)25-15(20-13)24-3/h4-6,8H,7H2,1-3H3,(H2,16,17,18)/b19-6-. The molecule has 3 rings (SSSR count). The number of rotatable bonds is 6. The monoisotopic (exact) mass is 375 g/mol. The maximum Gasteiger partial charge on any atom is 0.219 e. The van der Waals surface area contributed by atoms with Gasteiger partial charge in [0.25, 0.3) is 0 Å². The fourth-order valence-corrected chi connectivity index (χ4v) is 3.98. The largest absolute Gasteiger partial charge is 0.368 e. The third-order valence-corrected chi connectivity index (χ3v) is 5.66. The lowest BCUT2D eigenvalue weighted by Crippen LogP contribution is -2.12. The Kier molecular flexibility index (Phi) is 5.00. The molecule has 3 aromatic rings. The molecular formula is C15H17N7OS2. The minimum Gasteiger partial charge on any atom is -0.368 e. The van der Waals surface area contributed by atoms with Gasteiger partial charge < -0.3 is 10.3 Å². The third kappa shape index (κ3) is 3.49. The fourth-order valence-electron chi connectivity index (χ4n) is 2.37. The van der Waals surface area contributed by atoms with Crippen molar-refractivity contribution in [1.82, 2.24) is 24.5 Å². The van der Waals surface area contributed by atoms with Gasteiger partial charge in [0.1, 0.15) is 0 Å². The van der Waals surface area contributed by atoms with E-state index in [0.717, 1.165) is 32.1 Å². The van der Waals surface area contributed by atoms with Crippen molar-refractivity contribution in [2.45, 2.75) is 10.9 Å². The molecule has 0 radical (unpaired) electrons. The molecule has 0 saturated carbocycles. The van der Waals surface area contributed by atoms with Crippen LogP contribution in [-0.4, -0.2) is 50.3 Å². The second-order valence-electron chi connectivity index (χ2n) is 5.32. The van der Waals surface area contributed by atoms with E-state index in [1.54, 1.807) is 51.3 Å². The summed E-state index contributed by atoms with van der Waals surface area (Å²) in [5.74, 6) is 0.243. The van der Waals surface area contributed by atoms with Crippen molar-refractivity contribution in [3.63, 3.8) is 0 Å². The van der Waals surface area contributed by atoms with E-state index >= 15 is 0 Å². The van der Waals surface area contributed by atoms with Gasteiger partial charge in [-0.05, 0) is 6.26 Å². The van der Waals surface area contributed by atoms with E-state index < -0.39 is 0 Å². The van der Waals surface area contributed by atoms with E-state index in [1.807, 2.05) is 20.4 Å². The molecular weight excluding hydrogens is 358 g/mol. The Bertz CT molecular complexity index is 930. The summed E-state index contributed by atoms with van der Waals surface area (Å²) in [6, 6.07) is 0. The summed E-state index contributed by atoms with van der Waals surface area (Å²) in [5, 5.41) is 6.19. The highest BCUT2D eigenvalue weighted by Gasteiger charge is 2.18. The molecule has 0 spiro atoms. The Labute approximate surface area is 152 Å². The van der Waals surface area contributed by atoms with Gasteiger partial charge in [-0.3, -0.25) is 9.80 Å². The molecule has 0 saturated heterocycles. The van der Waals surface area contributed by atoms with Crippen LogP contribution in [-0.2, 0) is 13.6 Å². The first-order valence-electron chi connectivity index (χ1n) is 7.33. The van der Waals surface area contributed by atoms with Crippen molar-refractivity contribution < 1.29 is 4.79 Å². The highest BCUT2D eigenvalue weighted by atomic mass is 32.2. The van der Waals surface area contributed by atoms with Crippen LogP contribution in [0.2, 0.25) is 0 Å². The fraction of sp³-hybridized carbons (Fsp3) is 0.267. The molecule has 3 heterocycles. The highest BCUT2D eigenvalue weighted by Crippen LogP contribution is 2.32. The van der Waals surface area contributed by atoms with E-state index in [0.29, 0.717) is 12.2 Å². The maximum absolute atomic E-state index is 11.5. The molecule has 3 aromatic heterocycles. The summed E-state index contributed by atoms with van der Waals surface area (Å²) in [6.45, 7) is 0.530. The lowest BCUT2D eigenvalue weighted by molar-refractivity contribution is 0.111. The predicted octanol–water partition coefficient (Wildman–Crippen LogP) is 2.01. The molecule has 0 aliphatic heterocycles. The third-order valence-electron chi connectivity index (χ3n) is 3.60. The quantitative estimate of drug-likeness (QED) is 0.304. The van der Waals surface area contributed by atoms with Gasteiger partial charge in [0.2, 0.25) is 5.95 Å². The zero-order valence-electron chi connectivity index (χ0n) is 14.0. The van der Waals surface area contributed by atoms with E-state index in [2.05, 4.69) is 20.1 Å². The van der Waals surface area contributed by atoms with Crippen LogP contribution in [0.15, 0.2) is 21.8 Å². The Balaban J connectivity index is 1.87. The zero-order valence-corrected chi connectivity index (χ0v) is 15.6. The van der Waals surface area contributed by atoms with Crippen molar-refractivity contribution in [2.75, 3.05) is 19.0 Å². The Hall–Kier alpha value is -2.46. The van der Waals surface area contributed by atoms with E-state index in [1.165, 1.54) is 0 Å². The van der Waals surface area contributed by atoms with Gasteiger partial charge in [-0.15, -0.1) is 11.3 Å². The molecule has 8 nitrogen and oxygen atoms in total. The Morgan fingerprint density at radius 3 is 2.80 bits per heavy atom.